The van der Waals surface area contributed by atoms with E-state index in [0.29, 0.717) is 36.5 Å². The van der Waals surface area contributed by atoms with Gasteiger partial charge in [-0.3, -0.25) is 19.4 Å². The number of nitrogens with zero attached hydrogens (tertiary/aromatic N) is 4. The van der Waals surface area contributed by atoms with Crippen molar-refractivity contribution in [3.05, 3.63) is 57.0 Å². The minimum atomic E-state index is -0.483. The first-order chi connectivity index (χ1) is 14.7. The van der Waals surface area contributed by atoms with Gasteiger partial charge in [-0.15, -0.1) is 0 Å². The first kappa shape index (κ1) is 21.2. The summed E-state index contributed by atoms with van der Waals surface area (Å²) in [5, 5.41) is 0. The van der Waals surface area contributed by atoms with Gasteiger partial charge in [0.05, 0.1) is 23.8 Å². The smallest absolute Gasteiger partial charge is 0.256 e. The SMILES string of the molecule is Cc1cnccc1C(=O)N1CCc2nc([C@@H]3CCCN3C(=O)C(C)(C)C)[nH]c(=O)c2C1. The average Bonchev–Trinajstić information content (AvgIpc) is 3.22. The van der Waals surface area contributed by atoms with Crippen molar-refractivity contribution in [3.8, 4) is 0 Å². The largest absolute Gasteiger partial charge is 0.334 e. The maximum absolute atomic E-state index is 13.0. The molecule has 0 saturated carbocycles. The second-order valence-electron chi connectivity index (χ2n) is 9.45. The summed E-state index contributed by atoms with van der Waals surface area (Å²) < 4.78 is 0. The Bertz CT molecular complexity index is 1090. The van der Waals surface area contributed by atoms with E-state index in [1.165, 1.54) is 0 Å². The molecule has 0 bridgehead atoms. The van der Waals surface area contributed by atoms with Gasteiger partial charge in [-0.1, -0.05) is 20.8 Å². The molecular weight excluding hydrogens is 394 g/mol. The molecule has 164 valence electrons. The highest BCUT2D eigenvalue weighted by Crippen LogP contribution is 2.34. The van der Waals surface area contributed by atoms with Gasteiger partial charge in [-0.2, -0.15) is 0 Å². The van der Waals surface area contributed by atoms with Crippen LogP contribution in [0.25, 0.3) is 0 Å². The zero-order valence-electron chi connectivity index (χ0n) is 18.6. The van der Waals surface area contributed by atoms with E-state index in [1.807, 2.05) is 32.6 Å². The lowest BCUT2D eigenvalue weighted by atomic mass is 9.94. The number of rotatable bonds is 2. The van der Waals surface area contributed by atoms with Crippen LogP contribution >= 0.6 is 0 Å². The summed E-state index contributed by atoms with van der Waals surface area (Å²) in [6, 6.07) is 1.50. The van der Waals surface area contributed by atoms with Crippen LogP contribution in [0.15, 0.2) is 23.3 Å². The number of likely N-dealkylation sites (tertiary alicyclic amines) is 1. The lowest BCUT2D eigenvalue weighted by Crippen LogP contribution is -2.42. The van der Waals surface area contributed by atoms with Gasteiger partial charge in [0.15, 0.2) is 0 Å². The van der Waals surface area contributed by atoms with Gasteiger partial charge in [0.1, 0.15) is 5.82 Å². The maximum Gasteiger partial charge on any atom is 0.256 e. The molecule has 4 rings (SSSR count). The van der Waals surface area contributed by atoms with Crippen molar-refractivity contribution in [3.63, 3.8) is 0 Å². The summed E-state index contributed by atoms with van der Waals surface area (Å²) in [6.45, 7) is 8.98. The van der Waals surface area contributed by atoms with Crippen molar-refractivity contribution in [1.82, 2.24) is 24.8 Å². The summed E-state index contributed by atoms with van der Waals surface area (Å²) in [5.41, 5.74) is 1.96. The fourth-order valence-corrected chi connectivity index (χ4v) is 4.38. The highest BCUT2D eigenvalue weighted by atomic mass is 16.2. The number of pyridine rings is 1. The minimum absolute atomic E-state index is 0.0693. The molecule has 1 saturated heterocycles. The summed E-state index contributed by atoms with van der Waals surface area (Å²) in [7, 11) is 0. The van der Waals surface area contributed by atoms with Gasteiger partial charge < -0.3 is 14.8 Å². The molecule has 0 spiro atoms. The lowest BCUT2D eigenvalue weighted by molar-refractivity contribution is -0.140. The van der Waals surface area contributed by atoms with Crippen molar-refractivity contribution in [2.24, 2.45) is 5.41 Å². The Kier molecular flexibility index (Phi) is 5.41. The lowest BCUT2D eigenvalue weighted by Gasteiger charge is -2.32. The van der Waals surface area contributed by atoms with Crippen molar-refractivity contribution in [1.29, 1.82) is 0 Å². The summed E-state index contributed by atoms with van der Waals surface area (Å²) in [6.07, 6.45) is 5.46. The monoisotopic (exact) mass is 423 g/mol. The third kappa shape index (κ3) is 3.98. The van der Waals surface area contributed by atoms with E-state index in [2.05, 4.69) is 9.97 Å². The molecule has 0 aromatic carbocycles. The van der Waals surface area contributed by atoms with E-state index < -0.39 is 5.41 Å². The molecule has 2 amide bonds. The Morgan fingerprint density at radius 2 is 2.00 bits per heavy atom. The fraction of sp³-hybridized carbons (Fsp3) is 0.522. The molecule has 0 radical (unpaired) electrons. The van der Waals surface area contributed by atoms with Gasteiger partial charge in [-0.05, 0) is 31.4 Å². The van der Waals surface area contributed by atoms with Gasteiger partial charge in [0.25, 0.3) is 11.5 Å². The molecule has 4 heterocycles. The molecule has 2 aromatic heterocycles. The second-order valence-corrected chi connectivity index (χ2v) is 9.45. The number of aromatic nitrogens is 3. The number of H-pyrrole nitrogens is 1. The molecule has 0 unspecified atom stereocenters. The number of amides is 2. The number of hydrogen-bond donors (Lipinski definition) is 1. The van der Waals surface area contributed by atoms with Crippen LogP contribution in [0.3, 0.4) is 0 Å². The molecule has 8 nitrogen and oxygen atoms in total. The van der Waals surface area contributed by atoms with Gasteiger partial charge in [0, 0.05) is 42.9 Å². The van der Waals surface area contributed by atoms with Crippen LogP contribution < -0.4 is 5.56 Å². The van der Waals surface area contributed by atoms with Gasteiger partial charge >= 0.3 is 0 Å². The zero-order chi connectivity index (χ0) is 22.3. The number of fused-ring (bicyclic) bond motifs is 1. The Morgan fingerprint density at radius 1 is 1.23 bits per heavy atom. The van der Waals surface area contributed by atoms with E-state index in [4.69, 9.17) is 4.98 Å². The highest BCUT2D eigenvalue weighted by Gasteiger charge is 2.37. The Balaban J connectivity index is 1.59. The molecule has 2 aromatic rings. The second kappa shape index (κ2) is 7.90. The van der Waals surface area contributed by atoms with Crippen LogP contribution in [0, 0.1) is 12.3 Å². The predicted molar refractivity (Wildman–Crippen MR) is 115 cm³/mol. The number of aromatic amines is 1. The fourth-order valence-electron chi connectivity index (χ4n) is 4.38. The Labute approximate surface area is 181 Å². The third-order valence-electron chi connectivity index (χ3n) is 6.10. The number of hydrogen-bond acceptors (Lipinski definition) is 5. The van der Waals surface area contributed by atoms with E-state index in [-0.39, 0.29) is 30.0 Å². The molecule has 31 heavy (non-hydrogen) atoms. The van der Waals surface area contributed by atoms with E-state index in [1.54, 1.807) is 23.4 Å². The third-order valence-corrected chi connectivity index (χ3v) is 6.10. The Hall–Kier alpha value is -3.03. The van der Waals surface area contributed by atoms with Crippen LogP contribution in [0.4, 0.5) is 0 Å². The first-order valence-corrected chi connectivity index (χ1v) is 10.8. The van der Waals surface area contributed by atoms with Crippen molar-refractivity contribution in [2.75, 3.05) is 13.1 Å². The number of carbonyl (C=O) groups excluding carboxylic acids is 2. The molecule has 2 aliphatic heterocycles. The standard InChI is InChI=1S/C23H29N5O3/c1-14-12-24-9-7-15(14)21(30)27-11-8-17-16(13-27)20(29)26-19(25-17)18-6-5-10-28(18)22(31)23(2,3)4/h7,9,12,18H,5-6,8,10-11,13H2,1-4H3,(H,25,26,29)/t18-/m0/s1. The average molecular weight is 424 g/mol. The molecule has 1 fully saturated rings. The van der Waals surface area contributed by atoms with E-state index >= 15 is 0 Å². The van der Waals surface area contributed by atoms with Crippen molar-refractivity contribution in [2.45, 2.75) is 59.5 Å². The van der Waals surface area contributed by atoms with Crippen LogP contribution in [0.1, 0.15) is 72.7 Å². The number of nitrogens with one attached hydrogen (secondary N) is 1. The van der Waals surface area contributed by atoms with Crippen LogP contribution in [-0.2, 0) is 17.8 Å². The topological polar surface area (TPSA) is 99.3 Å². The normalized spacial score (nSPS) is 18.8. The van der Waals surface area contributed by atoms with Crippen LogP contribution in [0.2, 0.25) is 0 Å². The molecule has 0 aliphatic carbocycles. The number of carbonyl (C=O) groups is 2. The minimum Gasteiger partial charge on any atom is -0.334 e. The molecule has 2 aliphatic rings. The summed E-state index contributed by atoms with van der Waals surface area (Å²) >= 11 is 0. The van der Waals surface area contributed by atoms with E-state index in [0.717, 1.165) is 24.1 Å². The van der Waals surface area contributed by atoms with Gasteiger partial charge in [-0.25, -0.2) is 4.98 Å². The van der Waals surface area contributed by atoms with Crippen LogP contribution in [-0.4, -0.2) is 49.7 Å². The summed E-state index contributed by atoms with van der Waals surface area (Å²) in [4.78, 5) is 54.0. The first-order valence-electron chi connectivity index (χ1n) is 10.8. The Morgan fingerprint density at radius 3 is 2.71 bits per heavy atom. The molecule has 1 atom stereocenters. The number of aryl methyl sites for hydroxylation is 1. The van der Waals surface area contributed by atoms with Gasteiger partial charge in [0.2, 0.25) is 5.91 Å². The van der Waals surface area contributed by atoms with E-state index in [9.17, 15) is 14.4 Å². The maximum atomic E-state index is 13.0. The molecule has 8 heteroatoms. The quantitative estimate of drug-likeness (QED) is 0.800. The van der Waals surface area contributed by atoms with Crippen molar-refractivity contribution >= 4 is 11.8 Å². The molecule has 1 N–H and O–H groups in total. The predicted octanol–water partition coefficient (Wildman–Crippen LogP) is 2.38. The molecular formula is C23H29N5O3. The zero-order valence-corrected chi connectivity index (χ0v) is 18.6. The van der Waals surface area contributed by atoms with Crippen molar-refractivity contribution < 1.29 is 9.59 Å². The summed E-state index contributed by atoms with van der Waals surface area (Å²) in [5.74, 6) is 0.523. The van der Waals surface area contributed by atoms with Crippen LogP contribution in [0.5, 0.6) is 0 Å². The highest BCUT2D eigenvalue weighted by molar-refractivity contribution is 5.95.